The van der Waals surface area contributed by atoms with Crippen molar-refractivity contribution in [3.63, 3.8) is 0 Å². The van der Waals surface area contributed by atoms with Crippen LogP contribution < -0.4 is 0 Å². The van der Waals surface area contributed by atoms with E-state index in [2.05, 4.69) is 0 Å². The third-order valence-corrected chi connectivity index (χ3v) is 4.07. The van der Waals surface area contributed by atoms with Gasteiger partial charge in [0.1, 0.15) is 11.3 Å². The predicted molar refractivity (Wildman–Crippen MR) is 87.2 cm³/mol. The average molecular weight is 335 g/mol. The molecule has 2 aromatic carbocycles. The maximum absolute atomic E-state index is 12.9. The average Bonchev–Trinajstić information content (AvgIpc) is 2.89. The summed E-state index contributed by atoms with van der Waals surface area (Å²) in [7, 11) is 0. The summed E-state index contributed by atoms with van der Waals surface area (Å²) in [5.41, 5.74) is 1.49. The van der Waals surface area contributed by atoms with E-state index in [0.29, 0.717) is 28.9 Å². The summed E-state index contributed by atoms with van der Waals surface area (Å²) in [5.74, 6) is 0.157. The van der Waals surface area contributed by atoms with Crippen molar-refractivity contribution in [1.29, 1.82) is 0 Å². The van der Waals surface area contributed by atoms with E-state index in [1.165, 1.54) is 12.1 Å². The lowest BCUT2D eigenvalue weighted by atomic mass is 9.99. The maximum Gasteiger partial charge on any atom is 0.197 e. The Kier molecular flexibility index (Phi) is 3.85. The van der Waals surface area contributed by atoms with Crippen LogP contribution in [0.2, 0.25) is 10.0 Å². The minimum absolute atomic E-state index is 0.0432. The number of para-hydroxylation sites is 1. The fourth-order valence-electron chi connectivity index (χ4n) is 2.43. The molecule has 0 saturated carbocycles. The molecule has 1 heterocycles. The summed E-state index contributed by atoms with van der Waals surface area (Å²) in [6.45, 7) is 1.92. The molecule has 3 nitrogen and oxygen atoms in total. The van der Waals surface area contributed by atoms with E-state index in [1.807, 2.05) is 31.2 Å². The maximum atomic E-state index is 12.9. The number of phenolic OH excluding ortho intramolecular Hbond substituents is 1. The number of hydrogen-bond acceptors (Lipinski definition) is 3. The molecular weight excluding hydrogens is 323 g/mol. The third-order valence-electron chi connectivity index (χ3n) is 3.50. The number of aryl methyl sites for hydroxylation is 1. The molecule has 0 spiro atoms. The highest BCUT2D eigenvalue weighted by atomic mass is 35.5. The van der Waals surface area contributed by atoms with Gasteiger partial charge in [-0.25, -0.2) is 0 Å². The van der Waals surface area contributed by atoms with Crippen molar-refractivity contribution in [3.8, 4) is 5.75 Å². The molecule has 3 aromatic rings. The molecule has 0 aliphatic rings. The van der Waals surface area contributed by atoms with Crippen molar-refractivity contribution in [2.24, 2.45) is 0 Å². The van der Waals surface area contributed by atoms with Gasteiger partial charge in [-0.05, 0) is 18.2 Å². The SMILES string of the molecule is CCc1oc2ccccc2c1C(=O)c1cc(Cl)c(O)c(Cl)c1. The molecule has 3 rings (SSSR count). The van der Waals surface area contributed by atoms with Gasteiger partial charge in [-0.3, -0.25) is 4.79 Å². The van der Waals surface area contributed by atoms with Crippen molar-refractivity contribution >= 4 is 40.0 Å². The molecule has 0 radical (unpaired) electrons. The Morgan fingerprint density at radius 2 is 1.82 bits per heavy atom. The molecule has 0 atom stereocenters. The molecule has 0 fully saturated rings. The van der Waals surface area contributed by atoms with Gasteiger partial charge < -0.3 is 9.52 Å². The van der Waals surface area contributed by atoms with Crippen molar-refractivity contribution in [2.45, 2.75) is 13.3 Å². The summed E-state index contributed by atoms with van der Waals surface area (Å²) in [5, 5.41) is 10.5. The van der Waals surface area contributed by atoms with Crippen molar-refractivity contribution in [1.82, 2.24) is 0 Å². The first-order chi connectivity index (χ1) is 10.5. The monoisotopic (exact) mass is 334 g/mol. The normalized spacial score (nSPS) is 11.0. The number of benzene rings is 2. The van der Waals surface area contributed by atoms with Crippen LogP contribution in [0.1, 0.15) is 28.6 Å². The fraction of sp³-hybridized carbons (Fsp3) is 0.118. The van der Waals surface area contributed by atoms with Crippen LogP contribution in [0, 0.1) is 0 Å². The van der Waals surface area contributed by atoms with Crippen molar-refractivity contribution in [2.75, 3.05) is 0 Å². The highest BCUT2D eigenvalue weighted by molar-refractivity contribution is 6.38. The number of aromatic hydroxyl groups is 1. The molecule has 1 aromatic heterocycles. The number of furan rings is 1. The number of halogens is 2. The quantitative estimate of drug-likeness (QED) is 0.666. The Bertz CT molecular complexity index is 858. The molecule has 1 N–H and O–H groups in total. The largest absolute Gasteiger partial charge is 0.505 e. The zero-order chi connectivity index (χ0) is 15.9. The van der Waals surface area contributed by atoms with Crippen LogP contribution in [-0.2, 0) is 6.42 Å². The van der Waals surface area contributed by atoms with Gasteiger partial charge in [0.2, 0.25) is 0 Å². The zero-order valence-corrected chi connectivity index (χ0v) is 13.2. The highest BCUT2D eigenvalue weighted by Crippen LogP contribution is 2.35. The first-order valence-corrected chi connectivity index (χ1v) is 7.51. The number of carbonyl (C=O) groups is 1. The van der Waals surface area contributed by atoms with Crippen LogP contribution in [0.15, 0.2) is 40.8 Å². The summed E-state index contributed by atoms with van der Waals surface area (Å²) >= 11 is 11.8. The Balaban J connectivity index is 2.21. The fourth-order valence-corrected chi connectivity index (χ4v) is 2.92. The van der Waals surface area contributed by atoms with E-state index in [9.17, 15) is 9.90 Å². The predicted octanol–water partition coefficient (Wildman–Crippen LogP) is 5.24. The van der Waals surface area contributed by atoms with Gasteiger partial charge in [0.05, 0.1) is 15.6 Å². The van der Waals surface area contributed by atoms with Crippen LogP contribution in [0.25, 0.3) is 11.0 Å². The number of fused-ring (bicyclic) bond motifs is 1. The molecule has 0 saturated heterocycles. The van der Waals surface area contributed by atoms with E-state index in [0.717, 1.165) is 5.39 Å². The number of hydrogen-bond donors (Lipinski definition) is 1. The smallest absolute Gasteiger partial charge is 0.197 e. The molecule has 0 aliphatic heterocycles. The molecule has 0 unspecified atom stereocenters. The minimum Gasteiger partial charge on any atom is -0.505 e. The van der Waals surface area contributed by atoms with Crippen molar-refractivity contribution in [3.05, 3.63) is 63.3 Å². The number of ketones is 1. The standard InChI is InChI=1S/C17H12Cl2O3/c1-2-13-15(10-5-3-4-6-14(10)22-13)16(20)9-7-11(18)17(21)12(19)8-9/h3-8,21H,2H2,1H3. The molecule has 0 bridgehead atoms. The zero-order valence-electron chi connectivity index (χ0n) is 11.7. The number of rotatable bonds is 3. The van der Waals surface area contributed by atoms with E-state index in [4.69, 9.17) is 27.6 Å². The Morgan fingerprint density at radius 3 is 2.45 bits per heavy atom. The second-order valence-corrected chi connectivity index (χ2v) is 5.68. The highest BCUT2D eigenvalue weighted by Gasteiger charge is 2.22. The van der Waals surface area contributed by atoms with Gasteiger partial charge in [0.25, 0.3) is 0 Å². The Labute approximate surface area is 137 Å². The summed E-state index contributed by atoms with van der Waals surface area (Å²) in [4.78, 5) is 12.9. The van der Waals surface area contributed by atoms with E-state index in [1.54, 1.807) is 0 Å². The van der Waals surface area contributed by atoms with Gasteiger partial charge in [0, 0.05) is 17.4 Å². The van der Waals surface area contributed by atoms with E-state index < -0.39 is 0 Å². The van der Waals surface area contributed by atoms with Gasteiger partial charge in [-0.1, -0.05) is 48.3 Å². The molecule has 22 heavy (non-hydrogen) atoms. The lowest BCUT2D eigenvalue weighted by Gasteiger charge is -2.05. The lowest BCUT2D eigenvalue weighted by Crippen LogP contribution is -2.03. The summed E-state index contributed by atoms with van der Waals surface area (Å²) in [6, 6.07) is 10.2. The van der Waals surface area contributed by atoms with Crippen LogP contribution in [0.4, 0.5) is 0 Å². The van der Waals surface area contributed by atoms with Gasteiger partial charge in [-0.15, -0.1) is 0 Å². The second-order valence-electron chi connectivity index (χ2n) is 4.87. The number of phenols is 1. The molecular formula is C17H12Cl2O3. The first kappa shape index (κ1) is 14.9. The molecule has 112 valence electrons. The Morgan fingerprint density at radius 1 is 1.18 bits per heavy atom. The Hall–Kier alpha value is -1.97. The molecule has 0 aliphatic carbocycles. The second kappa shape index (κ2) is 5.67. The summed E-state index contributed by atoms with van der Waals surface area (Å²) < 4.78 is 5.74. The van der Waals surface area contributed by atoms with Gasteiger partial charge in [0.15, 0.2) is 11.5 Å². The molecule has 0 amide bonds. The van der Waals surface area contributed by atoms with E-state index in [-0.39, 0.29) is 21.6 Å². The van der Waals surface area contributed by atoms with Crippen LogP contribution in [0.5, 0.6) is 5.75 Å². The number of carbonyl (C=O) groups excluding carboxylic acids is 1. The third kappa shape index (κ3) is 2.36. The van der Waals surface area contributed by atoms with Crippen LogP contribution in [0.3, 0.4) is 0 Å². The van der Waals surface area contributed by atoms with Crippen molar-refractivity contribution < 1.29 is 14.3 Å². The van der Waals surface area contributed by atoms with Crippen LogP contribution >= 0.6 is 23.2 Å². The molecule has 5 heteroatoms. The summed E-state index contributed by atoms with van der Waals surface area (Å²) in [6.07, 6.45) is 0.593. The topological polar surface area (TPSA) is 50.4 Å². The van der Waals surface area contributed by atoms with E-state index >= 15 is 0 Å². The first-order valence-electron chi connectivity index (χ1n) is 6.76. The van der Waals surface area contributed by atoms with Crippen LogP contribution in [-0.4, -0.2) is 10.9 Å². The van der Waals surface area contributed by atoms with Gasteiger partial charge in [-0.2, -0.15) is 0 Å². The lowest BCUT2D eigenvalue weighted by molar-refractivity contribution is 0.103. The van der Waals surface area contributed by atoms with Gasteiger partial charge >= 0.3 is 0 Å². The minimum atomic E-state index is -0.231.